The van der Waals surface area contributed by atoms with E-state index in [4.69, 9.17) is 4.74 Å². The highest BCUT2D eigenvalue weighted by Crippen LogP contribution is 1.96. The molecule has 0 saturated heterocycles. The molecule has 1 N–H and O–H groups in total. The highest BCUT2D eigenvalue weighted by atomic mass is 16.5. The summed E-state index contributed by atoms with van der Waals surface area (Å²) < 4.78 is 5.52. The zero-order chi connectivity index (χ0) is 9.82. The van der Waals surface area contributed by atoms with Gasteiger partial charge in [-0.15, -0.1) is 0 Å². The molecule has 1 atom stereocenters. The molecule has 2 heteroatoms. The molecule has 0 aromatic heterocycles. The van der Waals surface area contributed by atoms with Crippen molar-refractivity contribution in [3.05, 3.63) is 0 Å². The maximum Gasteiger partial charge on any atom is 0.0696 e. The summed E-state index contributed by atoms with van der Waals surface area (Å²) in [4.78, 5) is 0. The molecule has 0 amide bonds. The van der Waals surface area contributed by atoms with Crippen LogP contribution in [0.2, 0.25) is 0 Å². The minimum atomic E-state index is 0.407. The first-order valence-electron chi connectivity index (χ1n) is 5.11. The van der Waals surface area contributed by atoms with Crippen LogP contribution in [0.15, 0.2) is 0 Å². The third-order valence-electron chi connectivity index (χ3n) is 1.44. The van der Waals surface area contributed by atoms with E-state index >= 15 is 0 Å². The van der Waals surface area contributed by atoms with Crippen LogP contribution >= 0.6 is 0 Å². The van der Waals surface area contributed by atoms with Crippen molar-refractivity contribution in [3.63, 3.8) is 0 Å². The first-order chi connectivity index (χ1) is 5.85. The minimum Gasteiger partial charge on any atom is -0.377 e. The third kappa shape index (κ3) is 9.92. The molecular formula is C10H25NO. The molecule has 0 aliphatic carbocycles. The Balaban J connectivity index is 0. The molecule has 0 fully saturated rings. The lowest BCUT2D eigenvalue weighted by Crippen LogP contribution is -2.26. The molecule has 0 aromatic rings. The van der Waals surface area contributed by atoms with Crippen LogP contribution in [0.5, 0.6) is 0 Å². The Kier molecular flexibility index (Phi) is 16.3. The van der Waals surface area contributed by atoms with Crippen LogP contribution in [0, 0.1) is 0 Å². The molecule has 0 radical (unpaired) electrons. The van der Waals surface area contributed by atoms with E-state index in [0.717, 1.165) is 26.0 Å². The van der Waals surface area contributed by atoms with Gasteiger partial charge in [-0.05, 0) is 19.9 Å². The summed E-state index contributed by atoms with van der Waals surface area (Å²) in [6.07, 6.45) is 2.62. The van der Waals surface area contributed by atoms with E-state index in [0.29, 0.717) is 6.10 Å². The topological polar surface area (TPSA) is 21.3 Å². The average molecular weight is 175 g/mol. The smallest absolute Gasteiger partial charge is 0.0696 e. The molecule has 0 spiro atoms. The van der Waals surface area contributed by atoms with Gasteiger partial charge in [0.25, 0.3) is 0 Å². The van der Waals surface area contributed by atoms with E-state index in [1.165, 1.54) is 0 Å². The van der Waals surface area contributed by atoms with Crippen LogP contribution in [-0.2, 0) is 4.74 Å². The fourth-order valence-electron chi connectivity index (χ4n) is 0.833. The monoisotopic (exact) mass is 175 g/mol. The first-order valence-corrected chi connectivity index (χ1v) is 5.11. The van der Waals surface area contributed by atoms with Gasteiger partial charge in [0.1, 0.15) is 0 Å². The lowest BCUT2D eigenvalue weighted by Gasteiger charge is -2.14. The predicted molar refractivity (Wildman–Crippen MR) is 55.6 cm³/mol. The Bertz CT molecular complexity index is 66.9. The van der Waals surface area contributed by atoms with Crippen molar-refractivity contribution in [2.75, 3.05) is 20.2 Å². The van der Waals surface area contributed by atoms with Crippen molar-refractivity contribution < 1.29 is 4.74 Å². The highest BCUT2D eigenvalue weighted by molar-refractivity contribution is 4.56. The highest BCUT2D eigenvalue weighted by Gasteiger charge is 2.02. The summed E-state index contributed by atoms with van der Waals surface area (Å²) in [6.45, 7) is 10.1. The quantitative estimate of drug-likeness (QED) is 0.669. The number of nitrogens with one attached hydrogen (secondary N) is 1. The van der Waals surface area contributed by atoms with Gasteiger partial charge in [-0.1, -0.05) is 27.7 Å². The van der Waals surface area contributed by atoms with Crippen LogP contribution in [0.4, 0.5) is 0 Å². The molecule has 0 heterocycles. The Labute approximate surface area is 77.7 Å². The number of ether oxygens (including phenoxy) is 1. The van der Waals surface area contributed by atoms with Crippen LogP contribution in [-0.4, -0.2) is 26.3 Å². The van der Waals surface area contributed by atoms with Crippen molar-refractivity contribution in [3.8, 4) is 0 Å². The molecule has 0 rings (SSSR count). The summed E-state index contributed by atoms with van der Waals surface area (Å²) in [5.41, 5.74) is 0. The number of hydrogen-bond donors (Lipinski definition) is 1. The fraction of sp³-hybridized carbons (Fsp3) is 1.00. The molecule has 1 unspecified atom stereocenters. The van der Waals surface area contributed by atoms with Crippen LogP contribution in [0.25, 0.3) is 0 Å². The molecule has 12 heavy (non-hydrogen) atoms. The van der Waals surface area contributed by atoms with Gasteiger partial charge in [-0.25, -0.2) is 0 Å². The maximum atomic E-state index is 5.52. The van der Waals surface area contributed by atoms with Gasteiger partial charge >= 0.3 is 0 Å². The lowest BCUT2D eigenvalue weighted by atomic mass is 10.3. The summed E-state index contributed by atoms with van der Waals surface area (Å²) in [6, 6.07) is 0. The second-order valence-corrected chi connectivity index (χ2v) is 2.46. The van der Waals surface area contributed by atoms with Crippen molar-refractivity contribution >= 4 is 0 Å². The zero-order valence-corrected chi connectivity index (χ0v) is 9.31. The van der Waals surface area contributed by atoms with Gasteiger partial charge in [0, 0.05) is 13.2 Å². The predicted octanol–water partition coefficient (Wildman–Crippen LogP) is 2.44. The zero-order valence-electron chi connectivity index (χ0n) is 9.31. The molecule has 0 saturated carbocycles. The van der Waals surface area contributed by atoms with Crippen LogP contribution in [0.1, 0.15) is 40.5 Å². The van der Waals surface area contributed by atoms with E-state index in [-0.39, 0.29) is 0 Å². The van der Waals surface area contributed by atoms with Crippen molar-refractivity contribution in [2.45, 2.75) is 46.6 Å². The minimum absolute atomic E-state index is 0.407. The maximum absolute atomic E-state index is 5.52. The Morgan fingerprint density at radius 1 is 1.25 bits per heavy atom. The SMILES string of the molecule is CC.CCCOC(CC)CNC. The molecule has 0 aliphatic rings. The fourth-order valence-corrected chi connectivity index (χ4v) is 0.833. The lowest BCUT2D eigenvalue weighted by molar-refractivity contribution is 0.0525. The molecule has 2 nitrogen and oxygen atoms in total. The van der Waals surface area contributed by atoms with Crippen molar-refractivity contribution in [1.29, 1.82) is 0 Å². The van der Waals surface area contributed by atoms with E-state index in [9.17, 15) is 0 Å². The van der Waals surface area contributed by atoms with Gasteiger partial charge in [-0.3, -0.25) is 0 Å². The third-order valence-corrected chi connectivity index (χ3v) is 1.44. The average Bonchev–Trinajstić information content (AvgIpc) is 2.15. The Hall–Kier alpha value is -0.0800. The Morgan fingerprint density at radius 2 is 1.83 bits per heavy atom. The van der Waals surface area contributed by atoms with Crippen LogP contribution in [0.3, 0.4) is 0 Å². The van der Waals surface area contributed by atoms with Gasteiger partial charge in [0.2, 0.25) is 0 Å². The van der Waals surface area contributed by atoms with E-state index in [1.54, 1.807) is 0 Å². The molecule has 76 valence electrons. The number of likely N-dealkylation sites (N-methyl/N-ethyl adjacent to an activating group) is 1. The van der Waals surface area contributed by atoms with Gasteiger partial charge < -0.3 is 10.1 Å². The molecular weight excluding hydrogens is 150 g/mol. The number of rotatable bonds is 6. The van der Waals surface area contributed by atoms with Gasteiger partial charge in [-0.2, -0.15) is 0 Å². The van der Waals surface area contributed by atoms with E-state index in [1.807, 2.05) is 20.9 Å². The summed E-state index contributed by atoms with van der Waals surface area (Å²) in [7, 11) is 1.96. The molecule has 0 aromatic carbocycles. The van der Waals surface area contributed by atoms with Crippen molar-refractivity contribution in [2.24, 2.45) is 0 Å². The summed E-state index contributed by atoms with van der Waals surface area (Å²) in [5.74, 6) is 0. The number of hydrogen-bond acceptors (Lipinski definition) is 2. The molecule has 0 bridgehead atoms. The van der Waals surface area contributed by atoms with E-state index < -0.39 is 0 Å². The van der Waals surface area contributed by atoms with Crippen LogP contribution < -0.4 is 5.32 Å². The summed E-state index contributed by atoms with van der Waals surface area (Å²) >= 11 is 0. The Morgan fingerprint density at radius 3 is 2.17 bits per heavy atom. The van der Waals surface area contributed by atoms with Gasteiger partial charge in [0.15, 0.2) is 0 Å². The second kappa shape index (κ2) is 13.5. The second-order valence-electron chi connectivity index (χ2n) is 2.46. The van der Waals surface area contributed by atoms with Gasteiger partial charge in [0.05, 0.1) is 6.10 Å². The normalized spacial score (nSPS) is 11.8. The van der Waals surface area contributed by atoms with E-state index in [2.05, 4.69) is 19.2 Å². The standard InChI is InChI=1S/C8H19NO.C2H6/c1-4-6-10-8(5-2)7-9-3;1-2/h8-9H,4-7H2,1-3H3;1-2H3. The summed E-state index contributed by atoms with van der Waals surface area (Å²) in [5, 5.41) is 3.10. The van der Waals surface area contributed by atoms with Crippen molar-refractivity contribution in [1.82, 2.24) is 5.32 Å². The largest absolute Gasteiger partial charge is 0.377 e. The molecule has 0 aliphatic heterocycles. The first kappa shape index (κ1) is 14.4.